The van der Waals surface area contributed by atoms with E-state index in [4.69, 9.17) is 4.74 Å². The lowest BCUT2D eigenvalue weighted by Gasteiger charge is -2.26. The first-order valence-corrected chi connectivity index (χ1v) is 9.00. The number of carbonyl (C=O) groups is 1. The summed E-state index contributed by atoms with van der Waals surface area (Å²) in [6, 6.07) is 19.1. The summed E-state index contributed by atoms with van der Waals surface area (Å²) in [7, 11) is 0. The SMILES string of the molecule is CC(O)OC(=O)C1(C#Cc2ccccc2)C=CC=C(C#Cc2ccccc2)C1. The molecule has 0 amide bonds. The maximum Gasteiger partial charge on any atom is 0.330 e. The summed E-state index contributed by atoms with van der Waals surface area (Å²) < 4.78 is 5.08. The predicted octanol–water partition coefficient (Wildman–Crippen LogP) is 3.84. The van der Waals surface area contributed by atoms with E-state index in [1.807, 2.05) is 66.7 Å². The fourth-order valence-electron chi connectivity index (χ4n) is 2.75. The summed E-state index contributed by atoms with van der Waals surface area (Å²) >= 11 is 0. The van der Waals surface area contributed by atoms with E-state index in [-0.39, 0.29) is 6.42 Å². The van der Waals surface area contributed by atoms with Gasteiger partial charge in [0.15, 0.2) is 11.7 Å². The van der Waals surface area contributed by atoms with Gasteiger partial charge in [0.05, 0.1) is 0 Å². The van der Waals surface area contributed by atoms with E-state index >= 15 is 0 Å². The summed E-state index contributed by atoms with van der Waals surface area (Å²) in [6.45, 7) is 1.40. The van der Waals surface area contributed by atoms with E-state index < -0.39 is 17.7 Å². The zero-order chi connectivity index (χ0) is 19.8. The molecule has 2 atom stereocenters. The molecular weight excluding hydrogens is 348 g/mol. The molecular formula is C25H20O3. The van der Waals surface area contributed by atoms with Gasteiger partial charge in [0, 0.05) is 23.1 Å². The Balaban J connectivity index is 1.91. The topological polar surface area (TPSA) is 46.5 Å². The Morgan fingerprint density at radius 1 is 1.00 bits per heavy atom. The monoisotopic (exact) mass is 368 g/mol. The third kappa shape index (κ3) is 5.01. The van der Waals surface area contributed by atoms with Gasteiger partial charge in [-0.3, -0.25) is 0 Å². The van der Waals surface area contributed by atoms with Crippen LogP contribution in [0.25, 0.3) is 0 Å². The first-order chi connectivity index (χ1) is 13.6. The van der Waals surface area contributed by atoms with Crippen LogP contribution in [0.3, 0.4) is 0 Å². The molecule has 138 valence electrons. The lowest BCUT2D eigenvalue weighted by Crippen LogP contribution is -2.33. The molecule has 2 aromatic rings. The number of aliphatic hydroxyl groups is 1. The zero-order valence-electron chi connectivity index (χ0n) is 15.6. The fourth-order valence-corrected chi connectivity index (χ4v) is 2.75. The Labute approximate surface area is 165 Å². The van der Waals surface area contributed by atoms with Gasteiger partial charge < -0.3 is 9.84 Å². The second kappa shape index (κ2) is 8.91. The fraction of sp³-hybridized carbons (Fsp3) is 0.160. The lowest BCUT2D eigenvalue weighted by atomic mass is 9.78. The van der Waals surface area contributed by atoms with Gasteiger partial charge in [0.1, 0.15) is 0 Å². The molecule has 3 nitrogen and oxygen atoms in total. The molecule has 3 rings (SSSR count). The Kier molecular flexibility index (Phi) is 6.12. The van der Waals surface area contributed by atoms with Crippen molar-refractivity contribution in [1.29, 1.82) is 0 Å². The van der Waals surface area contributed by atoms with Crippen LogP contribution in [-0.4, -0.2) is 17.4 Å². The van der Waals surface area contributed by atoms with Crippen LogP contribution < -0.4 is 0 Å². The van der Waals surface area contributed by atoms with Crippen LogP contribution in [0.15, 0.2) is 84.5 Å². The molecule has 3 heteroatoms. The maximum atomic E-state index is 12.8. The molecule has 0 saturated carbocycles. The van der Waals surface area contributed by atoms with E-state index in [9.17, 15) is 9.90 Å². The van der Waals surface area contributed by atoms with Crippen LogP contribution in [-0.2, 0) is 9.53 Å². The van der Waals surface area contributed by atoms with Crippen LogP contribution in [0.5, 0.6) is 0 Å². The van der Waals surface area contributed by atoms with Crippen LogP contribution >= 0.6 is 0 Å². The molecule has 1 aliphatic carbocycles. The second-order valence-corrected chi connectivity index (χ2v) is 6.44. The van der Waals surface area contributed by atoms with Crippen molar-refractivity contribution in [2.75, 3.05) is 0 Å². The molecule has 2 unspecified atom stereocenters. The van der Waals surface area contributed by atoms with Crippen LogP contribution in [0, 0.1) is 29.1 Å². The average molecular weight is 368 g/mol. The van der Waals surface area contributed by atoms with Gasteiger partial charge in [-0.15, -0.1) is 0 Å². The minimum atomic E-state index is -1.21. The number of ether oxygens (including phenoxy) is 1. The Bertz CT molecular complexity index is 1010. The summed E-state index contributed by atoms with van der Waals surface area (Å²) in [4.78, 5) is 12.8. The summed E-state index contributed by atoms with van der Waals surface area (Å²) in [6.07, 6.45) is 4.42. The largest absolute Gasteiger partial charge is 0.435 e. The second-order valence-electron chi connectivity index (χ2n) is 6.44. The molecule has 28 heavy (non-hydrogen) atoms. The van der Waals surface area contributed by atoms with Gasteiger partial charge in [0.25, 0.3) is 0 Å². The van der Waals surface area contributed by atoms with Gasteiger partial charge in [-0.1, -0.05) is 78.3 Å². The molecule has 0 radical (unpaired) electrons. The molecule has 2 aromatic carbocycles. The average Bonchev–Trinajstić information content (AvgIpc) is 2.72. The Morgan fingerprint density at radius 2 is 1.61 bits per heavy atom. The summed E-state index contributed by atoms with van der Waals surface area (Å²) in [5.74, 6) is 11.7. The van der Waals surface area contributed by atoms with Crippen molar-refractivity contribution in [3.05, 3.63) is 95.6 Å². The van der Waals surface area contributed by atoms with E-state index in [0.717, 1.165) is 16.7 Å². The lowest BCUT2D eigenvalue weighted by molar-refractivity contribution is -0.171. The van der Waals surface area contributed by atoms with Gasteiger partial charge >= 0.3 is 5.97 Å². The highest BCUT2D eigenvalue weighted by Crippen LogP contribution is 2.33. The van der Waals surface area contributed by atoms with Gasteiger partial charge in [0.2, 0.25) is 0 Å². The number of esters is 1. The molecule has 0 aliphatic heterocycles. The van der Waals surface area contributed by atoms with E-state index in [1.54, 1.807) is 12.2 Å². The summed E-state index contributed by atoms with van der Waals surface area (Å²) in [5.41, 5.74) is 1.27. The van der Waals surface area contributed by atoms with Crippen molar-refractivity contribution in [1.82, 2.24) is 0 Å². The van der Waals surface area contributed by atoms with E-state index in [2.05, 4.69) is 23.7 Å². The highest BCUT2D eigenvalue weighted by molar-refractivity contribution is 5.85. The number of allylic oxidation sites excluding steroid dienone is 3. The molecule has 1 aliphatic rings. The number of aliphatic hydroxyl groups excluding tert-OH is 1. The molecule has 0 bridgehead atoms. The van der Waals surface area contributed by atoms with Crippen molar-refractivity contribution < 1.29 is 14.6 Å². The van der Waals surface area contributed by atoms with Crippen LogP contribution in [0.1, 0.15) is 24.5 Å². The first-order valence-electron chi connectivity index (χ1n) is 9.00. The Morgan fingerprint density at radius 3 is 2.21 bits per heavy atom. The molecule has 0 heterocycles. The van der Waals surface area contributed by atoms with Crippen LogP contribution in [0.2, 0.25) is 0 Å². The van der Waals surface area contributed by atoms with Crippen molar-refractivity contribution in [3.63, 3.8) is 0 Å². The number of rotatable bonds is 2. The van der Waals surface area contributed by atoms with E-state index in [0.29, 0.717) is 0 Å². The number of hydrogen-bond donors (Lipinski definition) is 1. The van der Waals surface area contributed by atoms with Gasteiger partial charge in [-0.2, -0.15) is 0 Å². The highest BCUT2D eigenvalue weighted by Gasteiger charge is 2.38. The van der Waals surface area contributed by atoms with E-state index in [1.165, 1.54) is 6.92 Å². The van der Waals surface area contributed by atoms with Crippen molar-refractivity contribution in [2.24, 2.45) is 5.41 Å². The predicted molar refractivity (Wildman–Crippen MR) is 109 cm³/mol. The zero-order valence-corrected chi connectivity index (χ0v) is 15.6. The minimum Gasteiger partial charge on any atom is -0.435 e. The number of carbonyl (C=O) groups excluding carboxylic acids is 1. The maximum absolute atomic E-state index is 12.8. The summed E-state index contributed by atoms with van der Waals surface area (Å²) in [5, 5.41) is 9.51. The number of hydrogen-bond acceptors (Lipinski definition) is 3. The van der Waals surface area contributed by atoms with Crippen molar-refractivity contribution in [3.8, 4) is 23.7 Å². The highest BCUT2D eigenvalue weighted by atomic mass is 16.6. The molecule has 1 N–H and O–H groups in total. The standard InChI is InChI=1S/C25H20O3/c1-20(26)28-24(27)25(18-16-22-11-6-3-7-12-22)17-8-13-23(19-25)15-14-21-9-4-2-5-10-21/h2-13,17,20,26H,19H2,1H3. The third-order valence-corrected chi connectivity index (χ3v) is 4.13. The van der Waals surface area contributed by atoms with Gasteiger partial charge in [-0.25, -0.2) is 4.79 Å². The van der Waals surface area contributed by atoms with Crippen molar-refractivity contribution in [2.45, 2.75) is 19.6 Å². The smallest absolute Gasteiger partial charge is 0.330 e. The minimum absolute atomic E-state index is 0.286. The quantitative estimate of drug-likeness (QED) is 0.498. The van der Waals surface area contributed by atoms with Crippen molar-refractivity contribution >= 4 is 5.97 Å². The first kappa shape index (κ1) is 19.2. The Hall–Kier alpha value is -3.53. The number of benzene rings is 2. The molecule has 0 aromatic heterocycles. The van der Waals surface area contributed by atoms with Gasteiger partial charge in [-0.05, 0) is 31.2 Å². The molecule has 0 fully saturated rings. The normalized spacial score (nSPS) is 18.6. The molecule has 0 saturated heterocycles. The third-order valence-electron chi connectivity index (χ3n) is 4.13. The molecule has 0 spiro atoms. The van der Waals surface area contributed by atoms with Crippen LogP contribution in [0.4, 0.5) is 0 Å².